The lowest BCUT2D eigenvalue weighted by Crippen LogP contribution is -2.55. The molecule has 0 aliphatic carbocycles. The number of likely N-dealkylation sites (tertiary alicyclic amines) is 6. The number of hydrogen-bond donors (Lipinski definition) is 0. The number of aryl methyl sites for hydroxylation is 3. The van der Waals surface area contributed by atoms with Crippen LogP contribution in [0, 0.1) is 20.8 Å². The first-order chi connectivity index (χ1) is 40.2. The van der Waals surface area contributed by atoms with Crippen LogP contribution in [0.5, 0.6) is 0 Å². The van der Waals surface area contributed by atoms with Gasteiger partial charge < -0.3 is 43.6 Å². The molecule has 3 unspecified atom stereocenters. The number of carbonyl (C=O) groups excluding carboxylic acids is 6. The van der Waals surface area contributed by atoms with Crippen molar-refractivity contribution in [3.05, 3.63) is 88.0 Å². The van der Waals surface area contributed by atoms with Gasteiger partial charge in [0.15, 0.2) is 0 Å². The van der Waals surface area contributed by atoms with Crippen LogP contribution >= 0.6 is 0 Å². The standard InChI is InChI=1S/3C22H31N3O3/c3*1-4-28-21(27)23-12-9-22(3,15-23)24-10-7-18(8-11-24)25-19-13-16(2)5-6-17(19)14-20(25)26/h3*5-6,13,18H,4,7-12,14-15H2,1-3H3. The van der Waals surface area contributed by atoms with Crippen molar-refractivity contribution in [3.8, 4) is 0 Å². The van der Waals surface area contributed by atoms with Crippen LogP contribution in [0.2, 0.25) is 0 Å². The zero-order valence-corrected chi connectivity index (χ0v) is 51.7. The van der Waals surface area contributed by atoms with Gasteiger partial charge >= 0.3 is 18.3 Å². The SMILES string of the molecule is CCOC(=O)N1CCC(C)(N2CCC(N3C(=O)Cc4ccc(C)cc43)CC2)C1.CCOC(=O)N1CCC(C)(N2CCC(N3C(=O)Cc4ccc(C)cc43)CC2)C1.CCOC(=O)N1CCC(C)(N2CCC(N3C(=O)Cc4ccc(C)cc43)CC2)C1. The third-order valence-corrected chi connectivity index (χ3v) is 20.0. The highest BCUT2D eigenvalue weighted by atomic mass is 16.6. The molecular weight excluding hydrogens is 1060 g/mol. The Morgan fingerprint density at radius 3 is 0.905 bits per heavy atom. The minimum Gasteiger partial charge on any atom is -0.450 e. The molecule has 9 aliphatic rings. The number of nitrogens with zero attached hydrogens (tertiary/aromatic N) is 9. The van der Waals surface area contributed by atoms with Crippen LogP contribution in [0.4, 0.5) is 31.4 Å². The van der Waals surface area contributed by atoms with E-state index in [9.17, 15) is 28.8 Å². The van der Waals surface area contributed by atoms with Crippen LogP contribution in [-0.2, 0) is 47.9 Å². The van der Waals surface area contributed by atoms with E-state index in [0.717, 1.165) is 170 Å². The number of ether oxygens (including phenoxy) is 3. The van der Waals surface area contributed by atoms with E-state index in [0.29, 0.717) is 39.1 Å². The molecule has 3 aromatic rings. The number of amides is 6. The third kappa shape index (κ3) is 12.7. The highest BCUT2D eigenvalue weighted by molar-refractivity contribution is 6.03. The van der Waals surface area contributed by atoms with Gasteiger partial charge in [-0.2, -0.15) is 0 Å². The normalized spacial score (nSPS) is 26.0. The summed E-state index contributed by atoms with van der Waals surface area (Å²) in [5.74, 6) is 0.707. The molecule has 6 saturated heterocycles. The molecule has 0 aromatic heterocycles. The zero-order chi connectivity index (χ0) is 59.7. The van der Waals surface area contributed by atoms with Crippen LogP contribution in [0.3, 0.4) is 0 Å². The topological polar surface area (TPSA) is 159 Å². The number of carbonyl (C=O) groups is 6. The number of piperidine rings is 3. The molecule has 84 heavy (non-hydrogen) atoms. The minimum atomic E-state index is -0.198. The van der Waals surface area contributed by atoms with Crippen molar-refractivity contribution in [3.63, 3.8) is 0 Å². The molecule has 456 valence electrons. The summed E-state index contributed by atoms with van der Waals surface area (Å²) in [6, 6.07) is 19.9. The molecule has 18 heteroatoms. The summed E-state index contributed by atoms with van der Waals surface area (Å²) in [7, 11) is 0. The van der Waals surface area contributed by atoms with E-state index in [1.54, 1.807) is 0 Å². The molecule has 3 aromatic carbocycles. The van der Waals surface area contributed by atoms with E-state index < -0.39 is 0 Å². The summed E-state index contributed by atoms with van der Waals surface area (Å²) in [6.45, 7) is 30.0. The molecule has 0 radical (unpaired) electrons. The van der Waals surface area contributed by atoms with Crippen molar-refractivity contribution in [2.45, 2.75) is 174 Å². The highest BCUT2D eigenvalue weighted by Crippen LogP contribution is 2.41. The summed E-state index contributed by atoms with van der Waals surface area (Å²) >= 11 is 0. The monoisotopic (exact) mass is 1160 g/mol. The summed E-state index contributed by atoms with van der Waals surface area (Å²) in [6.07, 6.45) is 9.80. The van der Waals surface area contributed by atoms with E-state index >= 15 is 0 Å². The number of rotatable bonds is 9. The predicted molar refractivity (Wildman–Crippen MR) is 326 cm³/mol. The molecule has 18 nitrogen and oxygen atoms in total. The third-order valence-electron chi connectivity index (χ3n) is 20.0. The first kappa shape index (κ1) is 60.9. The smallest absolute Gasteiger partial charge is 0.409 e. The van der Waals surface area contributed by atoms with Gasteiger partial charge in [0.2, 0.25) is 17.7 Å². The zero-order valence-electron chi connectivity index (χ0n) is 51.7. The molecule has 0 saturated carbocycles. The number of fused-ring (bicyclic) bond motifs is 3. The average molecular weight is 1160 g/mol. The van der Waals surface area contributed by atoms with Gasteiger partial charge in [0.1, 0.15) is 0 Å². The molecule has 6 amide bonds. The van der Waals surface area contributed by atoms with Crippen LogP contribution in [-0.4, -0.2) is 199 Å². The fourth-order valence-electron chi connectivity index (χ4n) is 15.2. The Kier molecular flexibility index (Phi) is 18.4. The maximum absolute atomic E-state index is 12.7. The van der Waals surface area contributed by atoms with Crippen molar-refractivity contribution in [2.75, 3.05) is 113 Å². The van der Waals surface area contributed by atoms with Crippen molar-refractivity contribution >= 4 is 53.1 Å². The minimum absolute atomic E-state index is 0.00124. The average Bonchev–Trinajstić information content (AvgIpc) is 2.70. The number of hydrogen-bond acceptors (Lipinski definition) is 12. The van der Waals surface area contributed by atoms with Crippen LogP contribution < -0.4 is 14.7 Å². The Balaban J connectivity index is 0.000000140. The Bertz CT molecular complexity index is 2620. The van der Waals surface area contributed by atoms with E-state index in [4.69, 9.17) is 14.2 Å². The van der Waals surface area contributed by atoms with Gasteiger partial charge in [-0.05, 0) is 172 Å². The maximum atomic E-state index is 12.7. The summed E-state index contributed by atoms with van der Waals surface area (Å²) < 4.78 is 15.5. The van der Waals surface area contributed by atoms with Crippen molar-refractivity contribution in [1.29, 1.82) is 0 Å². The molecule has 9 aliphatic heterocycles. The summed E-state index contributed by atoms with van der Waals surface area (Å²) in [5.41, 5.74) is 10.4. The Morgan fingerprint density at radius 1 is 0.417 bits per heavy atom. The van der Waals surface area contributed by atoms with Crippen molar-refractivity contribution in [2.24, 2.45) is 0 Å². The Labute approximate surface area is 498 Å². The van der Waals surface area contributed by atoms with Crippen molar-refractivity contribution < 1.29 is 43.0 Å². The van der Waals surface area contributed by atoms with E-state index in [-0.39, 0.29) is 70.7 Å². The molecule has 0 N–H and O–H groups in total. The number of benzene rings is 3. The van der Waals surface area contributed by atoms with Crippen LogP contribution in [0.25, 0.3) is 0 Å². The summed E-state index contributed by atoms with van der Waals surface area (Å²) in [5, 5.41) is 0. The number of anilines is 3. The lowest BCUT2D eigenvalue weighted by molar-refractivity contribution is -0.118. The second kappa shape index (κ2) is 25.4. The van der Waals surface area contributed by atoms with E-state index in [1.807, 2.05) is 35.5 Å². The van der Waals surface area contributed by atoms with Crippen LogP contribution in [0.1, 0.15) is 133 Å². The van der Waals surface area contributed by atoms with Crippen LogP contribution in [0.15, 0.2) is 54.6 Å². The fourth-order valence-corrected chi connectivity index (χ4v) is 15.2. The fraction of sp³-hybridized carbons (Fsp3) is 0.636. The van der Waals surface area contributed by atoms with Gasteiger partial charge in [0.25, 0.3) is 0 Å². The highest BCUT2D eigenvalue weighted by Gasteiger charge is 2.47. The van der Waals surface area contributed by atoms with E-state index in [2.05, 4.69) is 126 Å². The predicted octanol–water partition coefficient (Wildman–Crippen LogP) is 8.91. The first-order valence-electron chi connectivity index (χ1n) is 31.5. The van der Waals surface area contributed by atoms with E-state index in [1.165, 1.54) is 16.7 Å². The molecule has 12 rings (SSSR count). The molecule has 3 atom stereocenters. The quantitative estimate of drug-likeness (QED) is 0.188. The lowest BCUT2D eigenvalue weighted by Gasteiger charge is -2.44. The molecule has 6 fully saturated rings. The molecular formula is C66H93N9O9. The Morgan fingerprint density at radius 2 is 0.667 bits per heavy atom. The van der Waals surface area contributed by atoms with Crippen molar-refractivity contribution in [1.82, 2.24) is 29.4 Å². The molecule has 0 bridgehead atoms. The lowest BCUT2D eigenvalue weighted by atomic mass is 9.93. The van der Waals surface area contributed by atoms with Gasteiger partial charge in [-0.1, -0.05) is 36.4 Å². The van der Waals surface area contributed by atoms with Gasteiger partial charge in [-0.15, -0.1) is 0 Å². The van der Waals surface area contributed by atoms with Gasteiger partial charge in [0, 0.05) is 130 Å². The molecule has 0 spiro atoms. The van der Waals surface area contributed by atoms with Gasteiger partial charge in [-0.25, -0.2) is 14.4 Å². The first-order valence-corrected chi connectivity index (χ1v) is 31.5. The molecule has 9 heterocycles. The maximum Gasteiger partial charge on any atom is 0.409 e. The Hall–Kier alpha value is -6.24. The summed E-state index contributed by atoms with van der Waals surface area (Å²) in [4.78, 5) is 93.4. The van der Waals surface area contributed by atoms with Gasteiger partial charge in [0.05, 0.1) is 39.1 Å². The largest absolute Gasteiger partial charge is 0.450 e. The van der Waals surface area contributed by atoms with Gasteiger partial charge in [-0.3, -0.25) is 29.1 Å². The second-order valence-electron chi connectivity index (χ2n) is 26.0. The second-order valence-corrected chi connectivity index (χ2v) is 26.0.